The lowest BCUT2D eigenvalue weighted by atomic mass is 10.2. The molecule has 10 heavy (non-hydrogen) atoms. The molecule has 0 amide bonds. The van der Waals surface area contributed by atoms with Crippen molar-refractivity contribution in [3.05, 3.63) is 0 Å². The SMILES string of the molecule is CCC(CCCO)SSC. The predicted molar refractivity (Wildman–Crippen MR) is 51.5 cm³/mol. The third-order valence-corrected chi connectivity index (χ3v) is 3.80. The fourth-order valence-corrected chi connectivity index (χ4v) is 2.96. The Kier molecular flexibility index (Phi) is 8.28. The summed E-state index contributed by atoms with van der Waals surface area (Å²) in [5.41, 5.74) is 0. The molecule has 1 N–H and O–H groups in total. The number of hydrogen-bond acceptors (Lipinski definition) is 3. The van der Waals surface area contributed by atoms with Gasteiger partial charge in [0.25, 0.3) is 0 Å². The topological polar surface area (TPSA) is 20.2 Å². The lowest BCUT2D eigenvalue weighted by Gasteiger charge is -2.10. The molecule has 0 aliphatic heterocycles. The Hall–Kier alpha value is 0.660. The van der Waals surface area contributed by atoms with E-state index in [1.807, 2.05) is 21.6 Å². The Morgan fingerprint density at radius 3 is 2.60 bits per heavy atom. The lowest BCUT2D eigenvalue weighted by Crippen LogP contribution is -1.99. The molecule has 0 aromatic rings. The summed E-state index contributed by atoms with van der Waals surface area (Å²) < 4.78 is 0. The predicted octanol–water partition coefficient (Wildman–Crippen LogP) is 2.55. The molecular weight excluding hydrogens is 164 g/mol. The van der Waals surface area contributed by atoms with Crippen LogP contribution in [0.2, 0.25) is 0 Å². The summed E-state index contributed by atoms with van der Waals surface area (Å²) in [7, 11) is 3.74. The molecule has 1 nitrogen and oxygen atoms in total. The second kappa shape index (κ2) is 7.76. The van der Waals surface area contributed by atoms with Gasteiger partial charge in [-0.05, 0) is 25.5 Å². The van der Waals surface area contributed by atoms with E-state index in [-0.39, 0.29) is 0 Å². The fourth-order valence-electron chi connectivity index (χ4n) is 0.775. The molecule has 0 bridgehead atoms. The van der Waals surface area contributed by atoms with Gasteiger partial charge < -0.3 is 5.11 Å². The van der Waals surface area contributed by atoms with Crippen LogP contribution in [0.15, 0.2) is 0 Å². The molecule has 3 heteroatoms. The molecule has 0 fully saturated rings. The quantitative estimate of drug-likeness (QED) is 0.634. The Morgan fingerprint density at radius 1 is 1.50 bits per heavy atom. The number of aliphatic hydroxyl groups is 1. The summed E-state index contributed by atoms with van der Waals surface area (Å²) in [6, 6.07) is 0. The van der Waals surface area contributed by atoms with Crippen LogP contribution in [-0.4, -0.2) is 23.2 Å². The van der Waals surface area contributed by atoms with E-state index in [1.54, 1.807) is 0 Å². The van der Waals surface area contributed by atoms with Crippen LogP contribution >= 0.6 is 21.6 Å². The first-order chi connectivity index (χ1) is 4.85. The van der Waals surface area contributed by atoms with Crippen molar-refractivity contribution in [1.82, 2.24) is 0 Å². The van der Waals surface area contributed by atoms with E-state index in [4.69, 9.17) is 5.11 Å². The molecule has 0 saturated heterocycles. The summed E-state index contributed by atoms with van der Waals surface area (Å²) >= 11 is 0. The van der Waals surface area contributed by atoms with E-state index in [2.05, 4.69) is 13.2 Å². The van der Waals surface area contributed by atoms with Crippen LogP contribution in [0.25, 0.3) is 0 Å². The average molecular weight is 180 g/mol. The van der Waals surface area contributed by atoms with Crippen molar-refractivity contribution in [1.29, 1.82) is 0 Å². The molecule has 1 unspecified atom stereocenters. The molecule has 0 heterocycles. The molecule has 0 radical (unpaired) electrons. The molecule has 0 aliphatic rings. The van der Waals surface area contributed by atoms with Crippen molar-refractivity contribution in [3.8, 4) is 0 Å². The molecule has 0 aromatic heterocycles. The highest BCUT2D eigenvalue weighted by Gasteiger charge is 2.04. The second-order valence-corrected chi connectivity index (χ2v) is 4.93. The van der Waals surface area contributed by atoms with Crippen LogP contribution < -0.4 is 0 Å². The van der Waals surface area contributed by atoms with Crippen molar-refractivity contribution >= 4 is 21.6 Å². The summed E-state index contributed by atoms with van der Waals surface area (Å²) in [5.74, 6) is 0. The van der Waals surface area contributed by atoms with E-state index in [1.165, 1.54) is 6.42 Å². The minimum Gasteiger partial charge on any atom is -0.396 e. The normalized spacial score (nSPS) is 13.5. The summed E-state index contributed by atoms with van der Waals surface area (Å²) in [6.45, 7) is 2.54. The zero-order valence-corrected chi connectivity index (χ0v) is 8.30. The van der Waals surface area contributed by atoms with Crippen LogP contribution in [0.1, 0.15) is 26.2 Å². The smallest absolute Gasteiger partial charge is 0.0431 e. The van der Waals surface area contributed by atoms with Crippen LogP contribution in [-0.2, 0) is 0 Å². The molecule has 0 aromatic carbocycles. The lowest BCUT2D eigenvalue weighted by molar-refractivity contribution is 0.284. The van der Waals surface area contributed by atoms with Gasteiger partial charge in [-0.25, -0.2) is 0 Å². The second-order valence-electron chi connectivity index (χ2n) is 2.16. The van der Waals surface area contributed by atoms with Crippen LogP contribution in [0.3, 0.4) is 0 Å². The Morgan fingerprint density at radius 2 is 2.20 bits per heavy atom. The summed E-state index contributed by atoms with van der Waals surface area (Å²) in [5, 5.41) is 9.30. The number of rotatable bonds is 6. The molecule has 0 rings (SSSR count). The third-order valence-electron chi connectivity index (χ3n) is 1.37. The molecule has 0 saturated carbocycles. The summed E-state index contributed by atoms with van der Waals surface area (Å²) in [6.07, 6.45) is 5.42. The Labute approximate surface area is 71.4 Å². The van der Waals surface area contributed by atoms with E-state index >= 15 is 0 Å². The molecule has 0 spiro atoms. The van der Waals surface area contributed by atoms with Gasteiger partial charge in [0.2, 0.25) is 0 Å². The first kappa shape index (κ1) is 10.7. The van der Waals surface area contributed by atoms with Gasteiger partial charge in [0.15, 0.2) is 0 Å². The minimum absolute atomic E-state index is 0.339. The van der Waals surface area contributed by atoms with Gasteiger partial charge in [0.1, 0.15) is 0 Å². The maximum Gasteiger partial charge on any atom is 0.0431 e. The highest BCUT2D eigenvalue weighted by atomic mass is 33.1. The van der Waals surface area contributed by atoms with Gasteiger partial charge in [-0.2, -0.15) is 0 Å². The zero-order valence-electron chi connectivity index (χ0n) is 6.67. The first-order valence-corrected chi connectivity index (χ1v) is 6.27. The maximum absolute atomic E-state index is 8.56. The van der Waals surface area contributed by atoms with Crippen molar-refractivity contribution in [2.75, 3.05) is 12.9 Å². The van der Waals surface area contributed by atoms with E-state index < -0.39 is 0 Å². The van der Waals surface area contributed by atoms with E-state index in [9.17, 15) is 0 Å². The maximum atomic E-state index is 8.56. The van der Waals surface area contributed by atoms with Crippen molar-refractivity contribution < 1.29 is 5.11 Å². The first-order valence-electron chi connectivity index (χ1n) is 3.65. The number of aliphatic hydroxyl groups excluding tert-OH is 1. The molecular formula is C7H16OS2. The molecule has 62 valence electrons. The van der Waals surface area contributed by atoms with Crippen LogP contribution in [0.5, 0.6) is 0 Å². The highest BCUT2D eigenvalue weighted by molar-refractivity contribution is 8.76. The van der Waals surface area contributed by atoms with Gasteiger partial charge in [-0.15, -0.1) is 0 Å². The van der Waals surface area contributed by atoms with Gasteiger partial charge >= 0.3 is 0 Å². The van der Waals surface area contributed by atoms with Gasteiger partial charge in [0.05, 0.1) is 0 Å². The standard InChI is InChI=1S/C7H16OS2/c1-3-7(10-9-2)5-4-6-8/h7-8H,3-6H2,1-2H3. The Bertz CT molecular complexity index is 68.6. The van der Waals surface area contributed by atoms with Crippen LogP contribution in [0, 0.1) is 0 Å². The van der Waals surface area contributed by atoms with Crippen molar-refractivity contribution in [2.45, 2.75) is 31.4 Å². The van der Waals surface area contributed by atoms with Crippen LogP contribution in [0.4, 0.5) is 0 Å². The molecule has 1 atom stereocenters. The van der Waals surface area contributed by atoms with Crippen molar-refractivity contribution in [2.24, 2.45) is 0 Å². The van der Waals surface area contributed by atoms with Gasteiger partial charge in [-0.1, -0.05) is 28.5 Å². The number of hydrogen-bond donors (Lipinski definition) is 1. The van der Waals surface area contributed by atoms with Gasteiger partial charge in [0, 0.05) is 11.9 Å². The fraction of sp³-hybridized carbons (Fsp3) is 1.00. The largest absolute Gasteiger partial charge is 0.396 e. The monoisotopic (exact) mass is 180 g/mol. The highest BCUT2D eigenvalue weighted by Crippen LogP contribution is 2.28. The third kappa shape index (κ3) is 5.45. The van der Waals surface area contributed by atoms with E-state index in [0.717, 1.165) is 18.1 Å². The van der Waals surface area contributed by atoms with Gasteiger partial charge in [-0.3, -0.25) is 0 Å². The Balaban J connectivity index is 3.21. The van der Waals surface area contributed by atoms with Crippen molar-refractivity contribution in [3.63, 3.8) is 0 Å². The zero-order chi connectivity index (χ0) is 7.82. The summed E-state index contributed by atoms with van der Waals surface area (Å²) in [4.78, 5) is 0. The average Bonchev–Trinajstić information content (AvgIpc) is 1.98. The minimum atomic E-state index is 0.339. The molecule has 0 aliphatic carbocycles. The van der Waals surface area contributed by atoms with E-state index in [0.29, 0.717) is 6.61 Å².